The molecule has 14 heavy (non-hydrogen) atoms. The third-order valence-corrected chi connectivity index (χ3v) is 1.89. The maximum Gasteiger partial charge on any atom is 0.306 e. The van der Waals surface area contributed by atoms with Gasteiger partial charge in [-0.3, -0.25) is 14.8 Å². The van der Waals surface area contributed by atoms with Crippen molar-refractivity contribution < 1.29 is 15.0 Å². The van der Waals surface area contributed by atoms with E-state index in [2.05, 4.69) is 9.97 Å². The van der Waals surface area contributed by atoms with E-state index >= 15 is 0 Å². The zero-order valence-electron chi connectivity index (χ0n) is 8.06. The first-order valence-corrected chi connectivity index (χ1v) is 4.16. The van der Waals surface area contributed by atoms with Crippen molar-refractivity contribution in [3.63, 3.8) is 0 Å². The Bertz CT molecular complexity index is 350. The van der Waals surface area contributed by atoms with Gasteiger partial charge < -0.3 is 10.2 Å². The fraction of sp³-hybridized carbons (Fsp3) is 0.444. The molecule has 1 aromatic rings. The Morgan fingerprint density at radius 2 is 2.07 bits per heavy atom. The Morgan fingerprint density at radius 1 is 1.50 bits per heavy atom. The number of aryl methyl sites for hydroxylation is 1. The first-order chi connectivity index (χ1) is 6.43. The predicted molar refractivity (Wildman–Crippen MR) is 48.6 cm³/mol. The number of hydrogen-bond donors (Lipinski definition) is 2. The summed E-state index contributed by atoms with van der Waals surface area (Å²) < 4.78 is 0. The molecule has 0 radical (unpaired) electrons. The van der Waals surface area contributed by atoms with Crippen LogP contribution in [0.25, 0.3) is 0 Å². The first kappa shape index (κ1) is 10.6. The molecule has 0 aliphatic heterocycles. The number of rotatable bonds is 3. The maximum absolute atomic E-state index is 10.5. The molecule has 1 heterocycles. The molecule has 0 fully saturated rings. The lowest BCUT2D eigenvalue weighted by Crippen LogP contribution is -2.27. The topological polar surface area (TPSA) is 83.3 Å². The van der Waals surface area contributed by atoms with Crippen molar-refractivity contribution in [2.75, 3.05) is 0 Å². The SMILES string of the molecule is Cc1nccnc1C(C)(O)CC(=O)O. The lowest BCUT2D eigenvalue weighted by molar-refractivity contribution is -0.142. The van der Waals surface area contributed by atoms with Gasteiger partial charge in [-0.2, -0.15) is 0 Å². The molecule has 1 aromatic heterocycles. The molecular formula is C9H12N2O3. The molecular weight excluding hydrogens is 184 g/mol. The lowest BCUT2D eigenvalue weighted by atomic mass is 9.96. The van der Waals surface area contributed by atoms with Crippen LogP contribution in [0.2, 0.25) is 0 Å². The van der Waals surface area contributed by atoms with Crippen LogP contribution < -0.4 is 0 Å². The van der Waals surface area contributed by atoms with E-state index in [1.165, 1.54) is 19.3 Å². The molecule has 0 amide bonds. The Kier molecular flexibility index (Phi) is 2.81. The van der Waals surface area contributed by atoms with Crippen LogP contribution in [0.1, 0.15) is 24.7 Å². The van der Waals surface area contributed by atoms with Crippen molar-refractivity contribution in [3.05, 3.63) is 23.8 Å². The van der Waals surface area contributed by atoms with Gasteiger partial charge in [-0.15, -0.1) is 0 Å². The van der Waals surface area contributed by atoms with Crippen LogP contribution in [0.3, 0.4) is 0 Å². The van der Waals surface area contributed by atoms with E-state index < -0.39 is 11.6 Å². The van der Waals surface area contributed by atoms with Crippen LogP contribution in [0, 0.1) is 6.92 Å². The van der Waals surface area contributed by atoms with E-state index in [4.69, 9.17) is 5.11 Å². The van der Waals surface area contributed by atoms with Gasteiger partial charge in [0, 0.05) is 12.4 Å². The lowest BCUT2D eigenvalue weighted by Gasteiger charge is -2.21. The summed E-state index contributed by atoms with van der Waals surface area (Å²) in [6.45, 7) is 3.09. The molecule has 1 rings (SSSR count). The molecule has 1 unspecified atom stereocenters. The summed E-state index contributed by atoms with van der Waals surface area (Å²) in [6.07, 6.45) is 2.54. The van der Waals surface area contributed by atoms with E-state index in [0.29, 0.717) is 11.4 Å². The molecule has 0 aliphatic rings. The van der Waals surface area contributed by atoms with E-state index in [-0.39, 0.29) is 6.42 Å². The monoisotopic (exact) mass is 196 g/mol. The van der Waals surface area contributed by atoms with Crippen molar-refractivity contribution in [2.24, 2.45) is 0 Å². The molecule has 0 aliphatic carbocycles. The quantitative estimate of drug-likeness (QED) is 0.734. The molecule has 0 saturated heterocycles. The summed E-state index contributed by atoms with van der Waals surface area (Å²) in [5, 5.41) is 18.4. The summed E-state index contributed by atoms with van der Waals surface area (Å²) in [7, 11) is 0. The van der Waals surface area contributed by atoms with E-state index in [1.54, 1.807) is 6.92 Å². The van der Waals surface area contributed by atoms with Gasteiger partial charge in [0.25, 0.3) is 0 Å². The van der Waals surface area contributed by atoms with Crippen LogP contribution in [0.4, 0.5) is 0 Å². The molecule has 0 aromatic carbocycles. The smallest absolute Gasteiger partial charge is 0.306 e. The van der Waals surface area contributed by atoms with E-state index in [9.17, 15) is 9.90 Å². The van der Waals surface area contributed by atoms with Gasteiger partial charge in [0.2, 0.25) is 0 Å². The summed E-state index contributed by atoms with van der Waals surface area (Å²) in [6, 6.07) is 0. The molecule has 76 valence electrons. The van der Waals surface area contributed by atoms with Crippen molar-refractivity contribution >= 4 is 5.97 Å². The summed E-state index contributed by atoms with van der Waals surface area (Å²) in [5.41, 5.74) is -0.620. The number of hydrogen-bond acceptors (Lipinski definition) is 4. The molecule has 2 N–H and O–H groups in total. The van der Waals surface area contributed by atoms with Crippen LogP contribution >= 0.6 is 0 Å². The molecule has 1 atom stereocenters. The third kappa shape index (κ3) is 2.26. The van der Waals surface area contributed by atoms with Gasteiger partial charge in [0.1, 0.15) is 5.60 Å². The van der Waals surface area contributed by atoms with E-state index in [1.807, 2.05) is 0 Å². The van der Waals surface area contributed by atoms with Gasteiger partial charge in [-0.05, 0) is 13.8 Å². The van der Waals surface area contributed by atoms with E-state index in [0.717, 1.165) is 0 Å². The minimum atomic E-state index is -1.47. The van der Waals surface area contributed by atoms with Crippen molar-refractivity contribution in [2.45, 2.75) is 25.9 Å². The number of aliphatic carboxylic acids is 1. The highest BCUT2D eigenvalue weighted by molar-refractivity contribution is 5.68. The number of carboxylic acid groups (broad SMARTS) is 1. The normalized spacial score (nSPS) is 14.8. The fourth-order valence-corrected chi connectivity index (χ4v) is 1.31. The van der Waals surface area contributed by atoms with Gasteiger partial charge in [-0.1, -0.05) is 0 Å². The van der Waals surface area contributed by atoms with Crippen LogP contribution in [-0.4, -0.2) is 26.2 Å². The molecule has 0 spiro atoms. The van der Waals surface area contributed by atoms with Crippen LogP contribution in [-0.2, 0) is 10.4 Å². The molecule has 5 nitrogen and oxygen atoms in total. The Labute approximate surface area is 81.4 Å². The zero-order chi connectivity index (χ0) is 10.8. The molecule has 0 saturated carbocycles. The van der Waals surface area contributed by atoms with Gasteiger partial charge in [-0.25, -0.2) is 0 Å². The maximum atomic E-state index is 10.5. The average Bonchev–Trinajstić information content (AvgIpc) is 2.02. The van der Waals surface area contributed by atoms with Crippen molar-refractivity contribution in [1.29, 1.82) is 0 Å². The average molecular weight is 196 g/mol. The number of aliphatic hydroxyl groups is 1. The number of nitrogens with zero attached hydrogens (tertiary/aromatic N) is 2. The standard InChI is InChI=1S/C9H12N2O3/c1-6-8(11-4-3-10-6)9(2,14)5-7(12)13/h3-4,14H,5H2,1-2H3,(H,12,13). The van der Waals surface area contributed by atoms with Crippen LogP contribution in [0.5, 0.6) is 0 Å². The second-order valence-corrected chi connectivity index (χ2v) is 3.33. The third-order valence-electron chi connectivity index (χ3n) is 1.89. The summed E-state index contributed by atoms with van der Waals surface area (Å²) in [5.74, 6) is -1.07. The van der Waals surface area contributed by atoms with Crippen molar-refractivity contribution in [1.82, 2.24) is 9.97 Å². The zero-order valence-corrected chi connectivity index (χ0v) is 8.06. The second-order valence-electron chi connectivity index (χ2n) is 3.33. The van der Waals surface area contributed by atoms with Gasteiger partial charge in [0.05, 0.1) is 17.8 Å². The first-order valence-electron chi connectivity index (χ1n) is 4.16. The van der Waals surface area contributed by atoms with Gasteiger partial charge in [0.15, 0.2) is 0 Å². The Hall–Kier alpha value is -1.49. The number of aromatic nitrogens is 2. The number of carbonyl (C=O) groups is 1. The highest BCUT2D eigenvalue weighted by Crippen LogP contribution is 2.23. The Morgan fingerprint density at radius 3 is 2.57 bits per heavy atom. The highest BCUT2D eigenvalue weighted by Gasteiger charge is 2.29. The summed E-state index contributed by atoms with van der Waals surface area (Å²) in [4.78, 5) is 18.4. The highest BCUT2D eigenvalue weighted by atomic mass is 16.4. The molecule has 5 heteroatoms. The minimum absolute atomic E-state index is 0.308. The molecule has 0 bridgehead atoms. The summed E-state index contributed by atoms with van der Waals surface area (Å²) >= 11 is 0. The Balaban J connectivity index is 3.03. The second kappa shape index (κ2) is 3.71. The predicted octanol–water partition coefficient (Wildman–Crippen LogP) is 0.467. The van der Waals surface area contributed by atoms with Gasteiger partial charge >= 0.3 is 5.97 Å². The fourth-order valence-electron chi connectivity index (χ4n) is 1.31. The van der Waals surface area contributed by atoms with Crippen LogP contribution in [0.15, 0.2) is 12.4 Å². The minimum Gasteiger partial charge on any atom is -0.481 e. The largest absolute Gasteiger partial charge is 0.481 e. The van der Waals surface area contributed by atoms with Crippen molar-refractivity contribution in [3.8, 4) is 0 Å². The number of carboxylic acids is 1.